The molecule has 0 bridgehead atoms. The van der Waals surface area contributed by atoms with Crippen molar-refractivity contribution < 1.29 is 17.5 Å². The number of rotatable bonds is 7. The molecule has 1 N–H and O–H groups in total. The summed E-state index contributed by atoms with van der Waals surface area (Å²) in [5.41, 5.74) is 1.40. The molecule has 0 aliphatic rings. The number of thiazole rings is 1. The minimum absolute atomic E-state index is 0.140. The van der Waals surface area contributed by atoms with Crippen LogP contribution in [0.3, 0.4) is 0 Å². The zero-order valence-corrected chi connectivity index (χ0v) is 17.0. The Kier molecular flexibility index (Phi) is 5.31. The minimum Gasteiger partial charge on any atom is -0.497 e. The van der Waals surface area contributed by atoms with Gasteiger partial charge < -0.3 is 4.74 Å². The Bertz CT molecular complexity index is 1270. The second kappa shape index (κ2) is 7.90. The van der Waals surface area contributed by atoms with Crippen LogP contribution in [0, 0.1) is 5.82 Å². The van der Waals surface area contributed by atoms with E-state index in [2.05, 4.69) is 14.8 Å². The first-order valence-corrected chi connectivity index (χ1v) is 11.1. The van der Waals surface area contributed by atoms with Crippen LogP contribution >= 0.6 is 11.3 Å². The van der Waals surface area contributed by atoms with Crippen LogP contribution in [0.25, 0.3) is 16.3 Å². The van der Waals surface area contributed by atoms with E-state index in [0.29, 0.717) is 28.5 Å². The Morgan fingerprint density at radius 1 is 1.21 bits per heavy atom. The number of halogens is 1. The van der Waals surface area contributed by atoms with E-state index in [9.17, 15) is 12.8 Å². The average molecular weight is 433 g/mol. The van der Waals surface area contributed by atoms with Crippen molar-refractivity contribution in [3.63, 3.8) is 0 Å². The van der Waals surface area contributed by atoms with E-state index in [1.54, 1.807) is 28.8 Å². The van der Waals surface area contributed by atoms with Crippen molar-refractivity contribution in [1.29, 1.82) is 0 Å². The highest BCUT2D eigenvalue weighted by Gasteiger charge is 2.16. The Balaban J connectivity index is 1.48. The Labute approximate surface area is 170 Å². The predicted molar refractivity (Wildman–Crippen MR) is 108 cm³/mol. The Morgan fingerprint density at radius 3 is 2.83 bits per heavy atom. The summed E-state index contributed by atoms with van der Waals surface area (Å²) in [6, 6.07) is 12.4. The molecule has 0 radical (unpaired) electrons. The summed E-state index contributed by atoms with van der Waals surface area (Å²) < 4.78 is 47.7. The van der Waals surface area contributed by atoms with Crippen LogP contribution < -0.4 is 9.46 Å². The maximum Gasteiger partial charge on any atom is 0.240 e. The third-order valence-electron chi connectivity index (χ3n) is 4.26. The highest BCUT2D eigenvalue weighted by atomic mass is 32.2. The van der Waals surface area contributed by atoms with E-state index < -0.39 is 10.0 Å². The molecule has 4 aromatic rings. The lowest BCUT2D eigenvalue weighted by Gasteiger charge is -2.07. The van der Waals surface area contributed by atoms with E-state index in [1.807, 2.05) is 5.38 Å². The van der Waals surface area contributed by atoms with Gasteiger partial charge in [0.05, 0.1) is 17.7 Å². The van der Waals surface area contributed by atoms with Crippen molar-refractivity contribution in [3.8, 4) is 17.1 Å². The van der Waals surface area contributed by atoms with Gasteiger partial charge in [-0.15, -0.1) is 16.4 Å². The van der Waals surface area contributed by atoms with Gasteiger partial charge in [0, 0.05) is 30.0 Å². The first-order chi connectivity index (χ1) is 14.0. The standard InChI is InChI=1S/C19H17FN4O3S2/c1-27-16-6-3-7-17(11-16)29(25,26)21-9-8-15-12-28-19-22-18(23-24(15)19)13-4-2-5-14(20)10-13/h2-7,10-12,21H,8-9H2,1H3. The number of hydrogen-bond donors (Lipinski definition) is 1. The lowest BCUT2D eigenvalue weighted by atomic mass is 10.2. The van der Waals surface area contributed by atoms with Gasteiger partial charge in [0.15, 0.2) is 5.82 Å². The molecule has 0 fully saturated rings. The van der Waals surface area contributed by atoms with Gasteiger partial charge in [-0.2, -0.15) is 4.98 Å². The van der Waals surface area contributed by atoms with Gasteiger partial charge in [-0.25, -0.2) is 22.0 Å². The van der Waals surface area contributed by atoms with Crippen molar-refractivity contribution in [2.75, 3.05) is 13.7 Å². The third kappa shape index (κ3) is 4.14. The molecule has 0 spiro atoms. The van der Waals surface area contributed by atoms with Gasteiger partial charge in [0.25, 0.3) is 0 Å². The molecular weight excluding hydrogens is 415 g/mol. The van der Waals surface area contributed by atoms with Gasteiger partial charge in [0.2, 0.25) is 15.0 Å². The summed E-state index contributed by atoms with van der Waals surface area (Å²) in [4.78, 5) is 5.22. The van der Waals surface area contributed by atoms with Gasteiger partial charge in [-0.05, 0) is 24.3 Å². The number of nitrogens with zero attached hydrogens (tertiary/aromatic N) is 3. The lowest BCUT2D eigenvalue weighted by Crippen LogP contribution is -2.26. The zero-order valence-electron chi connectivity index (χ0n) is 15.4. The predicted octanol–water partition coefficient (Wildman–Crippen LogP) is 3.13. The van der Waals surface area contributed by atoms with Gasteiger partial charge >= 0.3 is 0 Å². The fourth-order valence-electron chi connectivity index (χ4n) is 2.81. The number of hydrogen-bond acceptors (Lipinski definition) is 6. The molecule has 0 aliphatic heterocycles. The van der Waals surface area contributed by atoms with Crippen molar-refractivity contribution in [2.24, 2.45) is 0 Å². The van der Waals surface area contributed by atoms with E-state index in [4.69, 9.17) is 4.74 Å². The molecule has 0 amide bonds. The molecule has 7 nitrogen and oxygen atoms in total. The molecule has 10 heteroatoms. The van der Waals surface area contributed by atoms with Crippen LogP contribution in [0.5, 0.6) is 5.75 Å². The first-order valence-electron chi connectivity index (χ1n) is 8.69. The molecule has 29 heavy (non-hydrogen) atoms. The fourth-order valence-corrected chi connectivity index (χ4v) is 4.73. The van der Waals surface area contributed by atoms with Crippen LogP contribution in [0.2, 0.25) is 0 Å². The monoisotopic (exact) mass is 432 g/mol. The van der Waals surface area contributed by atoms with Crippen LogP contribution in [0.15, 0.2) is 58.8 Å². The number of fused-ring (bicyclic) bond motifs is 1. The summed E-state index contributed by atoms with van der Waals surface area (Å²) in [5.74, 6) is 0.544. The molecule has 2 aromatic heterocycles. The van der Waals surface area contributed by atoms with Crippen molar-refractivity contribution in [2.45, 2.75) is 11.3 Å². The van der Waals surface area contributed by atoms with Crippen molar-refractivity contribution >= 4 is 26.3 Å². The maximum absolute atomic E-state index is 13.4. The molecule has 150 valence electrons. The number of sulfonamides is 1. The molecule has 4 rings (SSSR count). The lowest BCUT2D eigenvalue weighted by molar-refractivity contribution is 0.413. The van der Waals surface area contributed by atoms with E-state index in [-0.39, 0.29) is 17.3 Å². The molecule has 0 atom stereocenters. The summed E-state index contributed by atoms with van der Waals surface area (Å²) >= 11 is 1.39. The second-order valence-corrected chi connectivity index (χ2v) is 8.80. The molecule has 2 aromatic carbocycles. The third-order valence-corrected chi connectivity index (χ3v) is 6.58. The van der Waals surface area contributed by atoms with Crippen LogP contribution in [-0.4, -0.2) is 36.7 Å². The average Bonchev–Trinajstić information content (AvgIpc) is 3.30. The normalized spacial score (nSPS) is 11.8. The summed E-state index contributed by atoms with van der Waals surface area (Å²) in [6.07, 6.45) is 0.426. The topological polar surface area (TPSA) is 85.6 Å². The number of nitrogens with one attached hydrogen (secondary N) is 1. The van der Waals surface area contributed by atoms with Gasteiger partial charge in [0.1, 0.15) is 11.6 Å². The number of methoxy groups -OCH3 is 1. The van der Waals surface area contributed by atoms with Crippen LogP contribution in [0.1, 0.15) is 5.69 Å². The number of aromatic nitrogens is 3. The molecule has 0 aliphatic carbocycles. The second-order valence-electron chi connectivity index (χ2n) is 6.19. The van der Waals surface area contributed by atoms with E-state index in [1.165, 1.54) is 42.7 Å². The molecule has 0 saturated heterocycles. The zero-order chi connectivity index (χ0) is 20.4. The van der Waals surface area contributed by atoms with Gasteiger partial charge in [-0.3, -0.25) is 0 Å². The van der Waals surface area contributed by atoms with Crippen molar-refractivity contribution in [1.82, 2.24) is 19.3 Å². The minimum atomic E-state index is -3.66. The van der Waals surface area contributed by atoms with Crippen molar-refractivity contribution in [3.05, 3.63) is 65.4 Å². The fraction of sp³-hybridized carbons (Fsp3) is 0.158. The molecule has 0 saturated carbocycles. The summed E-state index contributed by atoms with van der Waals surface area (Å²) in [5, 5.41) is 6.32. The van der Waals surface area contributed by atoms with Crippen LogP contribution in [0.4, 0.5) is 4.39 Å². The summed E-state index contributed by atoms with van der Waals surface area (Å²) in [6.45, 7) is 0.195. The number of ether oxygens (including phenoxy) is 1. The van der Waals surface area contributed by atoms with Gasteiger partial charge in [-0.1, -0.05) is 18.2 Å². The number of benzene rings is 2. The quantitative estimate of drug-likeness (QED) is 0.485. The highest BCUT2D eigenvalue weighted by Crippen LogP contribution is 2.22. The Hall–Kier alpha value is -2.82. The van der Waals surface area contributed by atoms with E-state index >= 15 is 0 Å². The molecule has 0 unspecified atom stereocenters. The summed E-state index contributed by atoms with van der Waals surface area (Å²) in [7, 11) is -2.17. The van der Waals surface area contributed by atoms with Crippen LogP contribution in [-0.2, 0) is 16.4 Å². The van der Waals surface area contributed by atoms with E-state index in [0.717, 1.165) is 5.69 Å². The maximum atomic E-state index is 13.4. The molecule has 2 heterocycles. The Morgan fingerprint density at radius 2 is 2.03 bits per heavy atom. The SMILES string of the molecule is COc1cccc(S(=O)(=O)NCCc2csc3nc(-c4cccc(F)c4)nn23)c1. The molecular formula is C19H17FN4O3S2. The smallest absolute Gasteiger partial charge is 0.240 e. The largest absolute Gasteiger partial charge is 0.497 e. The highest BCUT2D eigenvalue weighted by molar-refractivity contribution is 7.89. The first kappa shape index (κ1) is 19.5.